The molecule has 1 aromatic carbocycles. The Bertz CT molecular complexity index is 755. The van der Waals surface area contributed by atoms with Crippen LogP contribution in [0.5, 0.6) is 5.75 Å². The Labute approximate surface area is 148 Å². The lowest BCUT2D eigenvalue weighted by molar-refractivity contribution is -0.144. The topological polar surface area (TPSA) is 108 Å². The molecule has 26 heavy (non-hydrogen) atoms. The SMILES string of the molecule is CCOC(=O)[C@H](C)NP(=O)(COS(=O)(=O)C(F)(F)F)Oc1ccccc1. The summed E-state index contributed by atoms with van der Waals surface area (Å²) in [6.07, 6.45) is -1.48. The molecule has 0 bridgehead atoms. The second kappa shape index (κ2) is 8.85. The van der Waals surface area contributed by atoms with Crippen LogP contribution in [0.4, 0.5) is 13.2 Å². The summed E-state index contributed by atoms with van der Waals surface area (Å²) in [5.41, 5.74) is -5.70. The number of nitrogens with one attached hydrogen (secondary N) is 1. The van der Waals surface area contributed by atoms with Gasteiger partial charge in [-0.15, -0.1) is 0 Å². The van der Waals surface area contributed by atoms with Gasteiger partial charge >= 0.3 is 29.1 Å². The van der Waals surface area contributed by atoms with Crippen molar-refractivity contribution in [2.45, 2.75) is 25.4 Å². The van der Waals surface area contributed by atoms with Crippen molar-refractivity contribution in [1.29, 1.82) is 0 Å². The van der Waals surface area contributed by atoms with E-state index in [0.29, 0.717) is 0 Å². The number of ether oxygens (including phenoxy) is 1. The lowest BCUT2D eigenvalue weighted by Crippen LogP contribution is -2.36. The molecule has 0 aromatic heterocycles. The summed E-state index contributed by atoms with van der Waals surface area (Å²) in [5.74, 6) is -0.893. The van der Waals surface area contributed by atoms with Gasteiger partial charge in [0, 0.05) is 0 Å². The average molecular weight is 419 g/mol. The van der Waals surface area contributed by atoms with Gasteiger partial charge in [0.25, 0.3) is 0 Å². The molecule has 0 heterocycles. The van der Waals surface area contributed by atoms with Crippen molar-refractivity contribution in [3.63, 3.8) is 0 Å². The zero-order valence-electron chi connectivity index (χ0n) is 13.7. The van der Waals surface area contributed by atoms with E-state index in [-0.39, 0.29) is 12.4 Å². The molecule has 1 unspecified atom stereocenters. The summed E-state index contributed by atoms with van der Waals surface area (Å²) in [6.45, 7) is 2.74. The lowest BCUT2D eigenvalue weighted by Gasteiger charge is -2.23. The zero-order chi connectivity index (χ0) is 20.0. The van der Waals surface area contributed by atoms with Crippen molar-refractivity contribution in [1.82, 2.24) is 5.09 Å². The maximum absolute atomic E-state index is 12.8. The Hall–Kier alpha value is -1.62. The molecule has 0 aliphatic rings. The quantitative estimate of drug-likeness (QED) is 0.282. The number of hydrogen-bond donors (Lipinski definition) is 1. The molecule has 0 saturated carbocycles. The molecule has 0 fully saturated rings. The van der Waals surface area contributed by atoms with Crippen LogP contribution in [0.15, 0.2) is 30.3 Å². The summed E-state index contributed by atoms with van der Waals surface area (Å²) in [7, 11) is -10.4. The van der Waals surface area contributed by atoms with Crippen LogP contribution in [-0.4, -0.2) is 38.9 Å². The molecule has 1 rings (SSSR count). The van der Waals surface area contributed by atoms with E-state index in [1.165, 1.54) is 38.1 Å². The molecule has 0 aliphatic carbocycles. The fourth-order valence-corrected chi connectivity index (χ4v) is 4.14. The van der Waals surface area contributed by atoms with Crippen LogP contribution in [0.25, 0.3) is 0 Å². The minimum atomic E-state index is -6.00. The van der Waals surface area contributed by atoms with Crippen LogP contribution in [0.1, 0.15) is 13.8 Å². The second-order valence-electron chi connectivity index (χ2n) is 4.83. The number of benzene rings is 1. The van der Waals surface area contributed by atoms with E-state index in [4.69, 9.17) is 4.52 Å². The third-order valence-electron chi connectivity index (χ3n) is 2.69. The Morgan fingerprint density at radius 2 is 1.85 bits per heavy atom. The van der Waals surface area contributed by atoms with Gasteiger partial charge in [0.05, 0.1) is 6.61 Å². The van der Waals surface area contributed by atoms with Crippen LogP contribution in [0, 0.1) is 0 Å². The maximum Gasteiger partial charge on any atom is 0.523 e. The lowest BCUT2D eigenvalue weighted by atomic mass is 10.3. The Morgan fingerprint density at radius 1 is 1.27 bits per heavy atom. The van der Waals surface area contributed by atoms with E-state index in [1.54, 1.807) is 6.07 Å². The summed E-state index contributed by atoms with van der Waals surface area (Å²) in [5, 5.41) is 2.15. The van der Waals surface area contributed by atoms with Gasteiger partial charge in [-0.05, 0) is 26.0 Å². The molecule has 148 valence electrons. The van der Waals surface area contributed by atoms with Gasteiger partial charge in [-0.1, -0.05) is 18.2 Å². The van der Waals surface area contributed by atoms with Crippen molar-refractivity contribution >= 4 is 23.6 Å². The normalized spacial score (nSPS) is 15.7. The predicted octanol–water partition coefficient (Wildman–Crippen LogP) is 2.62. The van der Waals surface area contributed by atoms with E-state index in [0.717, 1.165) is 0 Å². The fourth-order valence-electron chi connectivity index (χ4n) is 1.56. The minimum Gasteiger partial charge on any atom is -0.465 e. The van der Waals surface area contributed by atoms with Crippen molar-refractivity contribution < 1.29 is 44.4 Å². The van der Waals surface area contributed by atoms with Gasteiger partial charge in [0.1, 0.15) is 11.8 Å². The van der Waals surface area contributed by atoms with Gasteiger partial charge < -0.3 is 9.26 Å². The first-order valence-electron chi connectivity index (χ1n) is 7.14. The number of hydrogen-bond acceptors (Lipinski definition) is 7. The molecule has 0 saturated heterocycles. The molecule has 1 N–H and O–H groups in total. The number of para-hydroxylation sites is 1. The van der Waals surface area contributed by atoms with Gasteiger partial charge in [-0.25, -0.2) is 5.09 Å². The van der Waals surface area contributed by atoms with E-state index in [9.17, 15) is 30.9 Å². The van der Waals surface area contributed by atoms with Crippen molar-refractivity contribution in [2.24, 2.45) is 0 Å². The van der Waals surface area contributed by atoms with Gasteiger partial charge in [0.15, 0.2) is 6.35 Å². The molecule has 0 aliphatic heterocycles. The first kappa shape index (κ1) is 22.4. The van der Waals surface area contributed by atoms with E-state index >= 15 is 0 Å². The second-order valence-corrected chi connectivity index (χ2v) is 8.48. The van der Waals surface area contributed by atoms with Gasteiger partial charge in [-0.3, -0.25) is 13.5 Å². The molecule has 0 amide bonds. The number of halogens is 3. The summed E-state index contributed by atoms with van der Waals surface area (Å²) in [6, 6.07) is 5.98. The first-order chi connectivity index (χ1) is 11.9. The standard InChI is InChI=1S/C13H17F3NO7PS/c1-3-22-12(18)10(2)17-25(19,24-11-7-5-4-6-8-11)9-23-26(20,21)13(14,15)16/h4-8,10H,3,9H2,1-2H3,(H,17,19)/t10-,25?/m0/s1. The predicted molar refractivity (Wildman–Crippen MR) is 84.8 cm³/mol. The van der Waals surface area contributed by atoms with E-state index in [1.807, 2.05) is 0 Å². The molecule has 0 radical (unpaired) electrons. The Morgan fingerprint density at radius 3 is 2.35 bits per heavy atom. The first-order valence-corrected chi connectivity index (χ1v) is 10.4. The van der Waals surface area contributed by atoms with Gasteiger partial charge in [-0.2, -0.15) is 21.6 Å². The van der Waals surface area contributed by atoms with Crippen LogP contribution >= 0.6 is 7.52 Å². The van der Waals surface area contributed by atoms with E-state index < -0.39 is 41.5 Å². The molecule has 1 aromatic rings. The highest BCUT2D eigenvalue weighted by Crippen LogP contribution is 2.44. The average Bonchev–Trinajstić information content (AvgIpc) is 2.53. The Kier molecular flexibility index (Phi) is 7.63. The van der Waals surface area contributed by atoms with E-state index in [2.05, 4.69) is 14.0 Å². The van der Waals surface area contributed by atoms with Crippen molar-refractivity contribution in [2.75, 3.05) is 13.0 Å². The minimum absolute atomic E-state index is 0.00759. The van der Waals surface area contributed by atoms with Crippen LogP contribution in [0.3, 0.4) is 0 Å². The number of carbonyl (C=O) groups is 1. The number of esters is 1. The zero-order valence-corrected chi connectivity index (χ0v) is 15.4. The third kappa shape index (κ3) is 6.60. The number of alkyl halides is 3. The summed E-state index contributed by atoms with van der Waals surface area (Å²) >= 11 is 0. The smallest absolute Gasteiger partial charge is 0.465 e. The number of carbonyl (C=O) groups excluding carboxylic acids is 1. The molecule has 8 nitrogen and oxygen atoms in total. The summed E-state index contributed by atoms with van der Waals surface area (Å²) in [4.78, 5) is 11.6. The van der Waals surface area contributed by atoms with Crippen LogP contribution < -0.4 is 9.61 Å². The molecule has 13 heteroatoms. The monoisotopic (exact) mass is 419 g/mol. The largest absolute Gasteiger partial charge is 0.523 e. The highest BCUT2D eigenvalue weighted by Gasteiger charge is 2.49. The van der Waals surface area contributed by atoms with Gasteiger partial charge in [0.2, 0.25) is 0 Å². The molecular formula is C13H17F3NO7PS. The van der Waals surface area contributed by atoms with Crippen molar-refractivity contribution in [3.8, 4) is 5.75 Å². The van der Waals surface area contributed by atoms with Crippen LogP contribution in [-0.2, 0) is 28.4 Å². The van der Waals surface area contributed by atoms with Crippen LogP contribution in [0.2, 0.25) is 0 Å². The summed E-state index contributed by atoms with van der Waals surface area (Å²) < 4.78 is 85.6. The Balaban J connectivity index is 3.01. The fraction of sp³-hybridized carbons (Fsp3) is 0.462. The van der Waals surface area contributed by atoms with Crippen molar-refractivity contribution in [3.05, 3.63) is 30.3 Å². The molecule has 2 atom stereocenters. The number of rotatable bonds is 9. The molecule has 0 spiro atoms. The third-order valence-corrected chi connectivity index (χ3v) is 5.61. The maximum atomic E-state index is 12.8. The molecular weight excluding hydrogens is 402 g/mol. The highest BCUT2D eigenvalue weighted by molar-refractivity contribution is 7.87. The highest BCUT2D eigenvalue weighted by atomic mass is 32.2.